The van der Waals surface area contributed by atoms with E-state index in [4.69, 9.17) is 14.8 Å². The number of nitrogens with zero attached hydrogens (tertiary/aromatic N) is 5. The minimum atomic E-state index is -3.59. The maximum Gasteiger partial charge on any atom is 0.269 e. The smallest absolute Gasteiger partial charge is 0.269 e. The minimum absolute atomic E-state index is 0.0278. The molecule has 2 aromatic carbocycles. The third kappa shape index (κ3) is 5.78. The van der Waals surface area contributed by atoms with E-state index in [2.05, 4.69) is 6.92 Å². The summed E-state index contributed by atoms with van der Waals surface area (Å²) in [5.74, 6) is 0.561. The van der Waals surface area contributed by atoms with Crippen LogP contribution in [0.3, 0.4) is 0 Å². The van der Waals surface area contributed by atoms with Crippen molar-refractivity contribution in [2.75, 3.05) is 26.3 Å². The lowest BCUT2D eigenvalue weighted by Gasteiger charge is -2.26. The molecule has 0 bridgehead atoms. The Hall–Kier alpha value is -3.19. The Morgan fingerprint density at radius 1 is 1.08 bits per heavy atom. The first-order valence-electron chi connectivity index (χ1n) is 12.6. The van der Waals surface area contributed by atoms with Crippen molar-refractivity contribution in [3.8, 4) is 11.3 Å². The summed E-state index contributed by atoms with van der Waals surface area (Å²) in [4.78, 5) is 16.3. The summed E-state index contributed by atoms with van der Waals surface area (Å²) in [6, 6.07) is 12.9. The SMILES string of the molecule is CC1CCCC(=Nn2c(-c3ccc([N+](=O)[O-])cc3)csc2=Nc2ccc(S(=O)(=O)N3CCOCC3)cc2)C1. The van der Waals surface area contributed by atoms with Gasteiger partial charge in [-0.05, 0) is 68.0 Å². The zero-order chi connectivity index (χ0) is 26.7. The van der Waals surface area contributed by atoms with E-state index in [9.17, 15) is 18.5 Å². The van der Waals surface area contributed by atoms with Gasteiger partial charge in [-0.25, -0.2) is 18.1 Å². The highest BCUT2D eigenvalue weighted by Gasteiger charge is 2.26. The Bertz CT molecular complexity index is 1500. The van der Waals surface area contributed by atoms with Crippen LogP contribution in [0.1, 0.15) is 32.6 Å². The van der Waals surface area contributed by atoms with Crippen molar-refractivity contribution in [2.24, 2.45) is 16.0 Å². The van der Waals surface area contributed by atoms with Crippen molar-refractivity contribution in [2.45, 2.75) is 37.5 Å². The molecule has 1 aliphatic carbocycles. The fraction of sp³-hybridized carbons (Fsp3) is 0.385. The predicted octanol–water partition coefficient (Wildman–Crippen LogP) is 4.79. The Morgan fingerprint density at radius 2 is 1.79 bits per heavy atom. The van der Waals surface area contributed by atoms with Crippen molar-refractivity contribution in [1.29, 1.82) is 0 Å². The first kappa shape index (κ1) is 26.4. The van der Waals surface area contributed by atoms with Crippen molar-refractivity contribution in [3.63, 3.8) is 0 Å². The van der Waals surface area contributed by atoms with Crippen molar-refractivity contribution < 1.29 is 18.1 Å². The van der Waals surface area contributed by atoms with Gasteiger partial charge in [-0.2, -0.15) is 9.41 Å². The standard InChI is InChI=1S/C26H29N5O5S2/c1-19-3-2-4-22(17-19)28-30-25(20-5-9-23(10-6-20)31(32)33)18-37-26(30)27-21-7-11-24(12-8-21)38(34,35)29-13-15-36-16-14-29/h5-12,18-19H,2-4,13-17H2,1H3. The fourth-order valence-corrected chi connectivity index (χ4v) is 6.92. The van der Waals surface area contributed by atoms with Gasteiger partial charge >= 0.3 is 0 Å². The Morgan fingerprint density at radius 3 is 2.45 bits per heavy atom. The lowest BCUT2D eigenvalue weighted by molar-refractivity contribution is -0.384. The van der Waals surface area contributed by atoms with E-state index >= 15 is 0 Å². The van der Waals surface area contributed by atoms with Gasteiger partial charge in [0, 0.05) is 41.9 Å². The molecule has 2 heterocycles. The molecule has 3 aromatic rings. The average molecular weight is 556 g/mol. The summed E-state index contributed by atoms with van der Waals surface area (Å²) in [7, 11) is -3.59. The number of rotatable bonds is 6. The molecule has 1 aromatic heterocycles. The summed E-state index contributed by atoms with van der Waals surface area (Å²) < 4.78 is 34.4. The maximum absolute atomic E-state index is 13.0. The summed E-state index contributed by atoms with van der Waals surface area (Å²) in [5.41, 5.74) is 3.32. The minimum Gasteiger partial charge on any atom is -0.379 e. The van der Waals surface area contributed by atoms with Gasteiger partial charge in [0.15, 0.2) is 0 Å². The molecule has 2 fully saturated rings. The Labute approximate surface area is 225 Å². The molecule has 2 aliphatic rings. The molecule has 200 valence electrons. The van der Waals surface area contributed by atoms with Crippen molar-refractivity contribution >= 4 is 38.4 Å². The number of aromatic nitrogens is 1. The number of hydrogen-bond acceptors (Lipinski definition) is 8. The van der Waals surface area contributed by atoms with Crippen LogP contribution in [0.2, 0.25) is 0 Å². The number of ether oxygens (including phenoxy) is 1. The average Bonchev–Trinajstić information content (AvgIpc) is 3.31. The molecule has 0 amide bonds. The summed E-state index contributed by atoms with van der Waals surface area (Å²) in [6.07, 6.45) is 4.10. The van der Waals surface area contributed by atoms with Gasteiger partial charge in [0.1, 0.15) is 0 Å². The topological polar surface area (TPSA) is 119 Å². The molecular formula is C26H29N5O5S2. The van der Waals surface area contributed by atoms with Gasteiger partial charge in [-0.3, -0.25) is 10.1 Å². The molecule has 0 N–H and O–H groups in total. The summed E-state index contributed by atoms with van der Waals surface area (Å²) >= 11 is 1.41. The quantitative estimate of drug-likeness (QED) is 0.320. The van der Waals surface area contributed by atoms with Crippen LogP contribution < -0.4 is 4.80 Å². The largest absolute Gasteiger partial charge is 0.379 e. The molecule has 1 aliphatic heterocycles. The van der Waals surface area contributed by atoms with E-state index in [1.54, 1.807) is 41.1 Å². The van der Waals surface area contributed by atoms with Crippen LogP contribution in [0, 0.1) is 16.0 Å². The van der Waals surface area contributed by atoms with Crippen LogP contribution in [0.15, 0.2) is 68.9 Å². The predicted molar refractivity (Wildman–Crippen MR) is 146 cm³/mol. The molecular weight excluding hydrogens is 526 g/mol. The number of benzene rings is 2. The van der Waals surface area contributed by atoms with E-state index in [0.29, 0.717) is 42.7 Å². The highest BCUT2D eigenvalue weighted by atomic mass is 32.2. The number of morpholine rings is 1. The van der Waals surface area contributed by atoms with Gasteiger partial charge < -0.3 is 4.74 Å². The van der Waals surface area contributed by atoms with E-state index in [1.807, 2.05) is 5.38 Å². The number of nitro groups is 1. The second-order valence-electron chi connectivity index (χ2n) is 9.51. The molecule has 10 nitrogen and oxygen atoms in total. The number of thiazole rings is 1. The van der Waals surface area contributed by atoms with Crippen LogP contribution in [0.4, 0.5) is 11.4 Å². The van der Waals surface area contributed by atoms with Gasteiger partial charge in [-0.15, -0.1) is 11.3 Å². The maximum atomic E-state index is 13.0. The highest BCUT2D eigenvalue weighted by Crippen LogP contribution is 2.26. The van der Waals surface area contributed by atoms with Crippen molar-refractivity contribution in [3.05, 3.63) is 68.8 Å². The van der Waals surface area contributed by atoms with Crippen LogP contribution in [-0.4, -0.2) is 54.3 Å². The highest BCUT2D eigenvalue weighted by molar-refractivity contribution is 7.89. The molecule has 0 spiro atoms. The van der Waals surface area contributed by atoms with Gasteiger partial charge in [-0.1, -0.05) is 6.92 Å². The number of non-ortho nitro benzene ring substituents is 1. The molecule has 1 atom stereocenters. The van der Waals surface area contributed by atoms with Crippen LogP contribution in [-0.2, 0) is 14.8 Å². The van der Waals surface area contributed by atoms with Gasteiger partial charge in [0.05, 0.1) is 34.4 Å². The fourth-order valence-electron chi connectivity index (χ4n) is 4.66. The Balaban J connectivity index is 1.52. The van der Waals surface area contributed by atoms with E-state index in [-0.39, 0.29) is 10.6 Å². The summed E-state index contributed by atoms with van der Waals surface area (Å²) in [6.45, 7) is 3.69. The normalized spacial score (nSPS) is 20.6. The van der Waals surface area contributed by atoms with Crippen LogP contribution >= 0.6 is 11.3 Å². The van der Waals surface area contributed by atoms with E-state index < -0.39 is 14.9 Å². The molecule has 1 saturated carbocycles. The van der Waals surface area contributed by atoms with E-state index in [0.717, 1.165) is 36.2 Å². The Kier molecular flexibility index (Phi) is 7.84. The number of sulfonamides is 1. The first-order chi connectivity index (χ1) is 18.3. The third-order valence-electron chi connectivity index (χ3n) is 6.72. The molecule has 0 radical (unpaired) electrons. The molecule has 1 saturated heterocycles. The van der Waals surface area contributed by atoms with Gasteiger partial charge in [0.25, 0.3) is 5.69 Å². The second-order valence-corrected chi connectivity index (χ2v) is 12.3. The monoisotopic (exact) mass is 555 g/mol. The van der Waals surface area contributed by atoms with E-state index in [1.165, 1.54) is 34.2 Å². The first-order valence-corrected chi connectivity index (χ1v) is 14.9. The lowest BCUT2D eigenvalue weighted by atomic mass is 9.89. The van der Waals surface area contributed by atoms with Crippen LogP contribution in [0.5, 0.6) is 0 Å². The summed E-state index contributed by atoms with van der Waals surface area (Å²) in [5, 5.41) is 18.0. The number of nitro benzene ring substituents is 1. The zero-order valence-electron chi connectivity index (χ0n) is 21.0. The third-order valence-corrected chi connectivity index (χ3v) is 9.45. The number of hydrogen-bond donors (Lipinski definition) is 0. The van der Waals surface area contributed by atoms with Crippen LogP contribution in [0.25, 0.3) is 11.3 Å². The molecule has 5 rings (SSSR count). The van der Waals surface area contributed by atoms with Crippen molar-refractivity contribution in [1.82, 2.24) is 8.98 Å². The zero-order valence-corrected chi connectivity index (χ0v) is 22.7. The second kappa shape index (κ2) is 11.3. The lowest BCUT2D eigenvalue weighted by Crippen LogP contribution is -2.40. The molecule has 1 unspecified atom stereocenters. The molecule has 12 heteroatoms. The molecule has 38 heavy (non-hydrogen) atoms. The van der Waals surface area contributed by atoms with Gasteiger partial charge in [0.2, 0.25) is 14.8 Å².